The number of halogens is 1. The lowest BCUT2D eigenvalue weighted by atomic mass is 10.1. The number of hydrogen-bond donors (Lipinski definition) is 1. The fraction of sp³-hybridized carbons (Fsp3) is 1.00. The van der Waals surface area contributed by atoms with Crippen LogP contribution in [0.25, 0.3) is 0 Å². The molecule has 1 saturated heterocycles. The maximum absolute atomic E-state index is 5.27. The van der Waals surface area contributed by atoms with Crippen LogP contribution in [-0.4, -0.2) is 16.4 Å². The summed E-state index contributed by atoms with van der Waals surface area (Å²) in [6, 6.07) is 0.657. The molecule has 0 radical (unpaired) electrons. The second-order valence-corrected chi connectivity index (χ2v) is 4.20. The average Bonchev–Trinajstić information content (AvgIpc) is 2.66. The van der Waals surface area contributed by atoms with Gasteiger partial charge in [-0.05, 0) is 35.4 Å². The summed E-state index contributed by atoms with van der Waals surface area (Å²) in [4.78, 5) is 0. The normalized spacial score (nSPS) is 31.9. The Labute approximate surface area is 82.2 Å². The standard InChI is InChI=1S/C8H16INO/c1-3-5-6(4-2)10-8-7(9)11-8/h6-8,10H,3-5H2,1-2H3. The molecule has 2 nitrogen and oxygen atoms in total. The minimum absolute atomic E-state index is 0.340. The first-order valence-electron chi connectivity index (χ1n) is 4.33. The number of ether oxygens (including phenoxy) is 1. The molecule has 0 aliphatic carbocycles. The van der Waals surface area contributed by atoms with Gasteiger partial charge in [-0.25, -0.2) is 0 Å². The molecule has 0 saturated carbocycles. The van der Waals surface area contributed by atoms with E-state index in [0.717, 1.165) is 0 Å². The smallest absolute Gasteiger partial charge is 0.150 e. The molecule has 0 aromatic rings. The average molecular weight is 269 g/mol. The van der Waals surface area contributed by atoms with Gasteiger partial charge in [0, 0.05) is 6.04 Å². The highest BCUT2D eigenvalue weighted by Gasteiger charge is 2.36. The van der Waals surface area contributed by atoms with E-state index in [1.165, 1.54) is 19.3 Å². The Kier molecular flexibility index (Phi) is 4.09. The number of alkyl halides is 1. The van der Waals surface area contributed by atoms with Crippen molar-refractivity contribution in [3.05, 3.63) is 0 Å². The van der Waals surface area contributed by atoms with Gasteiger partial charge in [-0.3, -0.25) is 5.32 Å². The van der Waals surface area contributed by atoms with Crippen molar-refractivity contribution in [3.63, 3.8) is 0 Å². The van der Waals surface area contributed by atoms with Gasteiger partial charge >= 0.3 is 0 Å². The van der Waals surface area contributed by atoms with Gasteiger partial charge in [-0.15, -0.1) is 0 Å². The molecular weight excluding hydrogens is 253 g/mol. The lowest BCUT2D eigenvalue weighted by Crippen LogP contribution is -2.31. The molecule has 0 bridgehead atoms. The minimum Gasteiger partial charge on any atom is -0.342 e. The lowest BCUT2D eigenvalue weighted by molar-refractivity contribution is 0.327. The van der Waals surface area contributed by atoms with Gasteiger partial charge in [-0.2, -0.15) is 0 Å². The summed E-state index contributed by atoms with van der Waals surface area (Å²) >= 11 is 2.31. The Bertz CT molecular complexity index is 121. The molecule has 3 unspecified atom stereocenters. The van der Waals surface area contributed by atoms with Crippen LogP contribution in [0, 0.1) is 0 Å². The van der Waals surface area contributed by atoms with Gasteiger partial charge in [0.05, 0.1) is 0 Å². The van der Waals surface area contributed by atoms with E-state index in [9.17, 15) is 0 Å². The molecule has 1 fully saturated rings. The maximum atomic E-state index is 5.27. The molecule has 66 valence electrons. The van der Waals surface area contributed by atoms with E-state index in [2.05, 4.69) is 41.8 Å². The van der Waals surface area contributed by atoms with Crippen molar-refractivity contribution >= 4 is 22.6 Å². The van der Waals surface area contributed by atoms with E-state index in [4.69, 9.17) is 4.74 Å². The second-order valence-electron chi connectivity index (χ2n) is 2.97. The molecule has 1 N–H and O–H groups in total. The van der Waals surface area contributed by atoms with Crippen molar-refractivity contribution in [1.29, 1.82) is 0 Å². The number of hydrogen-bond acceptors (Lipinski definition) is 2. The topological polar surface area (TPSA) is 24.6 Å². The third-order valence-corrected chi connectivity index (χ3v) is 2.91. The zero-order valence-corrected chi connectivity index (χ0v) is 9.30. The predicted octanol–water partition coefficient (Wildman–Crippen LogP) is 2.27. The van der Waals surface area contributed by atoms with Crippen molar-refractivity contribution in [2.24, 2.45) is 0 Å². The van der Waals surface area contributed by atoms with Gasteiger partial charge < -0.3 is 4.74 Å². The van der Waals surface area contributed by atoms with Gasteiger partial charge in [0.2, 0.25) is 0 Å². The summed E-state index contributed by atoms with van der Waals surface area (Å²) < 4.78 is 5.69. The van der Waals surface area contributed by atoms with Crippen LogP contribution >= 0.6 is 22.6 Å². The van der Waals surface area contributed by atoms with E-state index < -0.39 is 0 Å². The van der Waals surface area contributed by atoms with Crippen molar-refractivity contribution in [1.82, 2.24) is 5.32 Å². The van der Waals surface area contributed by atoms with E-state index in [0.29, 0.717) is 16.4 Å². The molecule has 0 spiro atoms. The van der Waals surface area contributed by atoms with E-state index in [1.54, 1.807) is 0 Å². The first-order chi connectivity index (χ1) is 5.27. The summed E-state index contributed by atoms with van der Waals surface area (Å²) in [5.41, 5.74) is 0. The first kappa shape index (κ1) is 9.74. The Morgan fingerprint density at radius 2 is 2.18 bits per heavy atom. The Morgan fingerprint density at radius 1 is 1.55 bits per heavy atom. The largest absolute Gasteiger partial charge is 0.342 e. The molecule has 11 heavy (non-hydrogen) atoms. The molecule has 1 rings (SSSR count). The van der Waals surface area contributed by atoms with Crippen LogP contribution in [0.2, 0.25) is 0 Å². The highest BCUT2D eigenvalue weighted by molar-refractivity contribution is 14.1. The van der Waals surface area contributed by atoms with Crippen LogP contribution in [-0.2, 0) is 4.74 Å². The van der Waals surface area contributed by atoms with Crippen LogP contribution in [0.15, 0.2) is 0 Å². The quantitative estimate of drug-likeness (QED) is 0.470. The fourth-order valence-corrected chi connectivity index (χ4v) is 1.72. The SMILES string of the molecule is CCCC(CC)NC1OC1I. The summed E-state index contributed by atoms with van der Waals surface area (Å²) in [6.45, 7) is 4.44. The van der Waals surface area contributed by atoms with Crippen LogP contribution in [0.1, 0.15) is 33.1 Å². The molecule has 1 aliphatic rings. The molecule has 0 aromatic heterocycles. The number of epoxide rings is 1. The van der Waals surface area contributed by atoms with Crippen LogP contribution in [0.4, 0.5) is 0 Å². The van der Waals surface area contributed by atoms with Crippen molar-refractivity contribution in [3.8, 4) is 0 Å². The van der Waals surface area contributed by atoms with Gasteiger partial charge in [0.1, 0.15) is 10.3 Å². The molecule has 0 amide bonds. The predicted molar refractivity (Wildman–Crippen MR) is 54.8 cm³/mol. The highest BCUT2D eigenvalue weighted by Crippen LogP contribution is 2.26. The summed E-state index contributed by atoms with van der Waals surface area (Å²) in [6.07, 6.45) is 4.06. The van der Waals surface area contributed by atoms with Crippen LogP contribution in [0.3, 0.4) is 0 Å². The second kappa shape index (κ2) is 4.62. The van der Waals surface area contributed by atoms with Gasteiger partial charge in [0.15, 0.2) is 0 Å². The maximum Gasteiger partial charge on any atom is 0.150 e. The Hall–Kier alpha value is 0.650. The number of nitrogens with one attached hydrogen (secondary N) is 1. The van der Waals surface area contributed by atoms with E-state index in [-0.39, 0.29) is 0 Å². The monoisotopic (exact) mass is 269 g/mol. The minimum atomic E-state index is 0.340. The Balaban J connectivity index is 2.10. The fourth-order valence-electron chi connectivity index (χ4n) is 1.20. The number of rotatable bonds is 5. The molecule has 1 heterocycles. The van der Waals surface area contributed by atoms with Crippen LogP contribution in [0.5, 0.6) is 0 Å². The van der Waals surface area contributed by atoms with Crippen LogP contribution < -0.4 is 5.32 Å². The third kappa shape index (κ3) is 3.25. The zero-order valence-electron chi connectivity index (χ0n) is 7.14. The molecule has 3 atom stereocenters. The molecule has 1 aliphatic heterocycles. The molecule has 3 heteroatoms. The van der Waals surface area contributed by atoms with E-state index in [1.807, 2.05) is 0 Å². The van der Waals surface area contributed by atoms with Crippen molar-refractivity contribution in [2.45, 2.75) is 49.5 Å². The summed E-state index contributed by atoms with van der Waals surface area (Å²) in [7, 11) is 0. The first-order valence-corrected chi connectivity index (χ1v) is 5.58. The zero-order chi connectivity index (χ0) is 8.27. The molecule has 0 aromatic carbocycles. The summed E-state index contributed by atoms with van der Waals surface area (Å²) in [5, 5.41) is 3.46. The summed E-state index contributed by atoms with van der Waals surface area (Å²) in [5.74, 6) is 0. The van der Waals surface area contributed by atoms with Gasteiger partial charge in [-0.1, -0.05) is 20.3 Å². The van der Waals surface area contributed by atoms with Crippen molar-refractivity contribution in [2.75, 3.05) is 0 Å². The Morgan fingerprint density at radius 3 is 2.55 bits per heavy atom. The lowest BCUT2D eigenvalue weighted by Gasteiger charge is -2.13. The third-order valence-electron chi connectivity index (χ3n) is 1.97. The highest BCUT2D eigenvalue weighted by atomic mass is 127. The molecular formula is C8H16INO. The van der Waals surface area contributed by atoms with Gasteiger partial charge in [0.25, 0.3) is 0 Å². The van der Waals surface area contributed by atoms with E-state index >= 15 is 0 Å². The van der Waals surface area contributed by atoms with Crippen molar-refractivity contribution < 1.29 is 4.74 Å².